The van der Waals surface area contributed by atoms with Crippen molar-refractivity contribution in [1.29, 1.82) is 0 Å². The van der Waals surface area contributed by atoms with Crippen molar-refractivity contribution in [3.63, 3.8) is 0 Å². The molecule has 2 aliphatic rings. The molecule has 254 valence electrons. The van der Waals surface area contributed by atoms with E-state index in [1.807, 2.05) is 0 Å². The molecule has 2 aromatic rings. The molecule has 2 saturated carbocycles. The number of benzene rings is 2. The lowest BCUT2D eigenvalue weighted by atomic mass is 9.66. The van der Waals surface area contributed by atoms with Crippen LogP contribution in [0.3, 0.4) is 0 Å². The second kappa shape index (κ2) is 20.1. The van der Waals surface area contributed by atoms with E-state index >= 15 is 0 Å². The van der Waals surface area contributed by atoms with Crippen LogP contribution in [-0.4, -0.2) is 36.0 Å². The van der Waals surface area contributed by atoms with Gasteiger partial charge in [-0.05, 0) is 155 Å². The highest BCUT2D eigenvalue weighted by Crippen LogP contribution is 2.46. The van der Waals surface area contributed by atoms with Crippen LogP contribution in [0.2, 0.25) is 0 Å². The van der Waals surface area contributed by atoms with Crippen LogP contribution in [0.15, 0.2) is 60.7 Å². The number of ether oxygens (including phenoxy) is 1. The first-order valence-electron chi connectivity index (χ1n) is 18.7. The predicted octanol–water partition coefficient (Wildman–Crippen LogP) is 9.55. The summed E-state index contributed by atoms with van der Waals surface area (Å²) in [5.41, 5.74) is 6.03. The molecule has 2 aromatic carbocycles. The Morgan fingerprint density at radius 1 is 0.739 bits per heavy atom. The maximum Gasteiger partial charge on any atom is 0.335 e. The van der Waals surface area contributed by atoms with Gasteiger partial charge in [0.2, 0.25) is 0 Å². The van der Waals surface area contributed by atoms with E-state index in [-0.39, 0.29) is 18.8 Å². The van der Waals surface area contributed by atoms with Gasteiger partial charge in [-0.2, -0.15) is 0 Å². The van der Waals surface area contributed by atoms with Gasteiger partial charge < -0.3 is 14.9 Å². The molecule has 0 amide bonds. The normalized spacial score (nSPS) is 22.3. The zero-order chi connectivity index (χ0) is 32.6. The number of carbonyl (C=O) groups is 1. The topological polar surface area (TPSA) is 66.8 Å². The third-order valence-corrected chi connectivity index (χ3v) is 11.3. The minimum Gasteiger partial charge on any atom is -0.462 e. The Morgan fingerprint density at radius 2 is 1.28 bits per heavy atom. The fraction of sp³-hybridized carbons (Fsp3) is 0.643. The Hall–Kier alpha value is -2.43. The third kappa shape index (κ3) is 11.7. The number of aliphatic hydroxyl groups is 2. The van der Waals surface area contributed by atoms with Crippen LogP contribution in [0.25, 0.3) is 0 Å². The molecule has 0 bridgehead atoms. The van der Waals surface area contributed by atoms with Crippen molar-refractivity contribution in [3.05, 3.63) is 82.9 Å². The van der Waals surface area contributed by atoms with Crippen LogP contribution in [-0.2, 0) is 28.8 Å². The average molecular weight is 631 g/mol. The minimum atomic E-state index is -0.494. The lowest BCUT2D eigenvalue weighted by Crippen LogP contribution is -2.28. The van der Waals surface area contributed by atoms with E-state index in [1.165, 1.54) is 93.7 Å². The largest absolute Gasteiger partial charge is 0.462 e. The second-order valence-electron chi connectivity index (χ2n) is 14.5. The molecule has 4 nitrogen and oxygen atoms in total. The lowest BCUT2D eigenvalue weighted by molar-refractivity contribution is -0.139. The van der Waals surface area contributed by atoms with Gasteiger partial charge in [0.25, 0.3) is 0 Å². The summed E-state index contributed by atoms with van der Waals surface area (Å²) in [5, 5.41) is 18.5. The number of esters is 1. The Kier molecular flexibility index (Phi) is 15.9. The summed E-state index contributed by atoms with van der Waals surface area (Å²) >= 11 is 0. The van der Waals surface area contributed by atoms with E-state index < -0.39 is 5.97 Å². The van der Waals surface area contributed by atoms with E-state index in [9.17, 15) is 9.90 Å². The highest BCUT2D eigenvalue weighted by atomic mass is 16.5. The number of aliphatic hydroxyl groups excluding tert-OH is 2. The lowest BCUT2D eigenvalue weighted by Gasteiger charge is -2.40. The summed E-state index contributed by atoms with van der Waals surface area (Å²) in [6.45, 7) is 6.07. The molecule has 0 aromatic heterocycles. The summed E-state index contributed by atoms with van der Waals surface area (Å²) < 4.78 is 5.27. The van der Waals surface area contributed by atoms with E-state index in [0.717, 1.165) is 56.3 Å². The highest BCUT2D eigenvalue weighted by molar-refractivity contribution is 5.87. The smallest absolute Gasteiger partial charge is 0.335 e. The van der Waals surface area contributed by atoms with Crippen molar-refractivity contribution < 1.29 is 19.7 Å². The third-order valence-electron chi connectivity index (χ3n) is 11.3. The predicted molar refractivity (Wildman–Crippen MR) is 190 cm³/mol. The van der Waals surface area contributed by atoms with E-state index in [0.29, 0.717) is 18.4 Å². The Balaban J connectivity index is 1.15. The first-order valence-corrected chi connectivity index (χ1v) is 18.7. The molecule has 0 radical (unpaired) electrons. The molecular weight excluding hydrogens is 568 g/mol. The van der Waals surface area contributed by atoms with Crippen LogP contribution in [0.4, 0.5) is 0 Å². The van der Waals surface area contributed by atoms with Gasteiger partial charge in [-0.15, -0.1) is 0 Å². The Morgan fingerprint density at radius 3 is 1.85 bits per heavy atom. The minimum absolute atomic E-state index is 0.114. The Bertz CT molecular complexity index is 1140. The number of aryl methyl sites for hydroxylation is 3. The molecule has 4 heteroatoms. The van der Waals surface area contributed by atoms with Crippen molar-refractivity contribution >= 4 is 5.97 Å². The van der Waals surface area contributed by atoms with Crippen LogP contribution < -0.4 is 0 Å². The standard InChI is InChI=1S/C42H62O4/c1-3-4-5-8-33-11-13-34(14-12-33)15-16-35-17-19-37(20-18-35)39-25-27-41(28-26-39)40-23-21-38(22-24-40)36(9-6-29-43)10-7-30-46-42(45)32(2)31-44/h11-14,17-20,36,38-41,43-44H,2-10,15-16,21-31H2,1H3. The maximum atomic E-state index is 11.8. The van der Waals surface area contributed by atoms with Crippen LogP contribution in [0.1, 0.15) is 131 Å². The van der Waals surface area contributed by atoms with Crippen molar-refractivity contribution in [3.8, 4) is 0 Å². The molecule has 2 fully saturated rings. The Labute approximate surface area is 280 Å². The van der Waals surface area contributed by atoms with E-state index in [2.05, 4.69) is 62.0 Å². The van der Waals surface area contributed by atoms with Gasteiger partial charge in [0.15, 0.2) is 0 Å². The second-order valence-corrected chi connectivity index (χ2v) is 14.5. The molecule has 1 unspecified atom stereocenters. The molecule has 4 rings (SSSR count). The first-order chi connectivity index (χ1) is 22.5. The van der Waals surface area contributed by atoms with Gasteiger partial charge in [0.05, 0.1) is 18.8 Å². The molecule has 2 aliphatic carbocycles. The van der Waals surface area contributed by atoms with Gasteiger partial charge >= 0.3 is 5.97 Å². The molecule has 0 heterocycles. The van der Waals surface area contributed by atoms with Crippen LogP contribution in [0, 0.1) is 23.7 Å². The van der Waals surface area contributed by atoms with E-state index in [1.54, 1.807) is 5.56 Å². The van der Waals surface area contributed by atoms with Gasteiger partial charge in [0.1, 0.15) is 0 Å². The van der Waals surface area contributed by atoms with Crippen molar-refractivity contribution in [2.75, 3.05) is 19.8 Å². The SMILES string of the molecule is C=C(CO)C(=O)OCCCC(CCCO)C1CCC(C2CCC(c3ccc(CCc4ccc(CCCCC)cc4)cc3)CC2)CC1. The molecule has 0 spiro atoms. The number of hydrogen-bond acceptors (Lipinski definition) is 4. The summed E-state index contributed by atoms with van der Waals surface area (Å²) in [7, 11) is 0. The number of carbonyl (C=O) groups excluding carboxylic acids is 1. The zero-order valence-corrected chi connectivity index (χ0v) is 28.8. The average Bonchev–Trinajstić information content (AvgIpc) is 3.11. The van der Waals surface area contributed by atoms with Crippen molar-refractivity contribution in [2.45, 2.75) is 128 Å². The molecule has 0 saturated heterocycles. The van der Waals surface area contributed by atoms with Gasteiger partial charge in [-0.3, -0.25) is 0 Å². The molecular formula is C42H62O4. The summed E-state index contributed by atoms with van der Waals surface area (Å²) in [5.74, 6) is 3.28. The summed E-state index contributed by atoms with van der Waals surface area (Å²) in [4.78, 5) is 11.8. The first kappa shape index (κ1) is 36.4. The molecule has 1 atom stereocenters. The van der Waals surface area contributed by atoms with Gasteiger partial charge in [-0.25, -0.2) is 4.79 Å². The molecule has 0 aliphatic heterocycles. The fourth-order valence-electron chi connectivity index (χ4n) is 8.35. The number of unbranched alkanes of at least 4 members (excludes halogenated alkanes) is 2. The molecule has 2 N–H and O–H groups in total. The van der Waals surface area contributed by atoms with E-state index in [4.69, 9.17) is 9.84 Å². The zero-order valence-electron chi connectivity index (χ0n) is 28.8. The monoisotopic (exact) mass is 630 g/mol. The summed E-state index contributed by atoms with van der Waals surface area (Å²) in [6, 6.07) is 18.9. The number of rotatable bonds is 19. The van der Waals surface area contributed by atoms with Crippen molar-refractivity contribution in [2.24, 2.45) is 23.7 Å². The summed E-state index contributed by atoms with van der Waals surface area (Å²) in [6.07, 6.45) is 21.8. The van der Waals surface area contributed by atoms with Crippen LogP contribution in [0.5, 0.6) is 0 Å². The van der Waals surface area contributed by atoms with Crippen molar-refractivity contribution in [1.82, 2.24) is 0 Å². The van der Waals surface area contributed by atoms with Crippen LogP contribution >= 0.6 is 0 Å². The molecule has 46 heavy (non-hydrogen) atoms. The highest BCUT2D eigenvalue weighted by Gasteiger charge is 2.33. The number of hydrogen-bond donors (Lipinski definition) is 2. The quantitative estimate of drug-likeness (QED) is 0.0922. The maximum absolute atomic E-state index is 11.8. The van der Waals surface area contributed by atoms with Gasteiger partial charge in [-0.1, -0.05) is 74.9 Å². The fourth-order valence-corrected chi connectivity index (χ4v) is 8.35. The van der Waals surface area contributed by atoms with Gasteiger partial charge in [0, 0.05) is 6.61 Å².